The van der Waals surface area contributed by atoms with E-state index in [1.54, 1.807) is 35.4 Å². The van der Waals surface area contributed by atoms with Crippen LogP contribution < -0.4 is 0 Å². The normalized spacial score (nSPS) is 19.7. The number of rotatable bonds is 5. The van der Waals surface area contributed by atoms with E-state index >= 15 is 0 Å². The summed E-state index contributed by atoms with van der Waals surface area (Å²) >= 11 is 0. The van der Waals surface area contributed by atoms with Crippen molar-refractivity contribution >= 4 is 10.0 Å². The van der Waals surface area contributed by atoms with E-state index in [4.69, 9.17) is 0 Å². The van der Waals surface area contributed by atoms with E-state index in [9.17, 15) is 8.42 Å². The summed E-state index contributed by atoms with van der Waals surface area (Å²) < 4.78 is 31.5. The molecule has 3 rings (SSSR count). The van der Waals surface area contributed by atoms with Crippen LogP contribution in [0.1, 0.15) is 37.2 Å². The molecule has 1 saturated heterocycles. The lowest BCUT2D eigenvalue weighted by atomic mass is 10.0. The Morgan fingerprint density at radius 1 is 1.29 bits per heavy atom. The smallest absolute Gasteiger partial charge is 0.246 e. The first-order chi connectivity index (χ1) is 11.4. The average molecular weight is 351 g/mol. The third kappa shape index (κ3) is 3.25. The van der Waals surface area contributed by atoms with Crippen molar-refractivity contribution in [2.45, 2.75) is 50.0 Å². The van der Waals surface area contributed by atoms with Crippen molar-refractivity contribution in [3.63, 3.8) is 0 Å². The molecule has 1 aliphatic rings. The summed E-state index contributed by atoms with van der Waals surface area (Å²) in [7, 11) is 0.220. The molecule has 0 spiro atoms. The van der Waals surface area contributed by atoms with Gasteiger partial charge in [0.05, 0.1) is 5.69 Å². The molecule has 0 unspecified atom stereocenters. The SMILES string of the molecule is Cc1nn(C)cc1S(=O)(=O)N1CCCC[C@@H]1CCc1nccn1C. The maximum absolute atomic E-state index is 13.1. The molecule has 0 aliphatic carbocycles. The van der Waals surface area contributed by atoms with Crippen molar-refractivity contribution in [1.82, 2.24) is 23.6 Å². The van der Waals surface area contributed by atoms with Crippen LogP contribution in [-0.4, -0.2) is 44.6 Å². The standard InChI is InChI=1S/C16H25N5O2S/c1-13-15(12-20(3)18-13)24(22,23)21-10-5-4-6-14(21)7-8-16-17-9-11-19(16)2/h9,11-12,14H,4-8,10H2,1-3H3/t14-/m1/s1. The summed E-state index contributed by atoms with van der Waals surface area (Å²) in [5.41, 5.74) is 0.561. The van der Waals surface area contributed by atoms with E-state index in [1.807, 2.05) is 17.8 Å². The van der Waals surface area contributed by atoms with Gasteiger partial charge in [-0.15, -0.1) is 0 Å². The highest BCUT2D eigenvalue weighted by atomic mass is 32.2. The molecule has 0 saturated carbocycles. The molecule has 7 nitrogen and oxygen atoms in total. The fourth-order valence-electron chi connectivity index (χ4n) is 3.47. The van der Waals surface area contributed by atoms with Gasteiger partial charge in [-0.25, -0.2) is 13.4 Å². The van der Waals surface area contributed by atoms with Gasteiger partial charge in [-0.3, -0.25) is 4.68 Å². The lowest BCUT2D eigenvalue weighted by Gasteiger charge is -2.34. The summed E-state index contributed by atoms with van der Waals surface area (Å²) in [4.78, 5) is 4.67. The average Bonchev–Trinajstić information content (AvgIpc) is 3.10. The molecule has 3 heterocycles. The van der Waals surface area contributed by atoms with E-state index in [0.717, 1.165) is 37.9 Å². The van der Waals surface area contributed by atoms with Crippen molar-refractivity contribution in [2.75, 3.05) is 6.54 Å². The molecular formula is C16H25N5O2S. The minimum Gasteiger partial charge on any atom is -0.338 e. The second-order valence-electron chi connectivity index (χ2n) is 6.51. The van der Waals surface area contributed by atoms with Gasteiger partial charge in [0.1, 0.15) is 10.7 Å². The van der Waals surface area contributed by atoms with E-state index in [0.29, 0.717) is 17.1 Å². The second kappa shape index (κ2) is 6.68. The molecule has 1 fully saturated rings. The summed E-state index contributed by atoms with van der Waals surface area (Å²) in [5.74, 6) is 0.996. The highest BCUT2D eigenvalue weighted by Crippen LogP contribution is 2.28. The Morgan fingerprint density at radius 3 is 2.71 bits per heavy atom. The Hall–Kier alpha value is -1.67. The molecule has 0 radical (unpaired) electrons. The lowest BCUT2D eigenvalue weighted by Crippen LogP contribution is -2.44. The Morgan fingerprint density at radius 2 is 2.08 bits per heavy atom. The highest BCUT2D eigenvalue weighted by Gasteiger charge is 2.35. The van der Waals surface area contributed by atoms with E-state index < -0.39 is 10.0 Å². The van der Waals surface area contributed by atoms with Crippen molar-refractivity contribution in [3.05, 3.63) is 30.1 Å². The largest absolute Gasteiger partial charge is 0.338 e. The van der Waals surface area contributed by atoms with Gasteiger partial charge >= 0.3 is 0 Å². The third-order valence-electron chi connectivity index (χ3n) is 4.75. The zero-order valence-corrected chi connectivity index (χ0v) is 15.3. The van der Waals surface area contributed by atoms with Gasteiger partial charge in [-0.1, -0.05) is 6.42 Å². The van der Waals surface area contributed by atoms with Gasteiger partial charge < -0.3 is 4.57 Å². The molecule has 132 valence electrons. The molecule has 1 aliphatic heterocycles. The van der Waals surface area contributed by atoms with Gasteiger partial charge in [0.2, 0.25) is 10.0 Å². The summed E-state index contributed by atoms with van der Waals surface area (Å²) in [6, 6.07) is 0.0278. The number of piperidine rings is 1. The first-order valence-corrected chi connectivity index (χ1v) is 9.82. The van der Waals surface area contributed by atoms with Crippen molar-refractivity contribution in [1.29, 1.82) is 0 Å². The first kappa shape index (κ1) is 17.2. The van der Waals surface area contributed by atoms with Gasteiger partial charge in [-0.2, -0.15) is 9.40 Å². The quantitative estimate of drug-likeness (QED) is 0.821. The van der Waals surface area contributed by atoms with Gasteiger partial charge in [0.15, 0.2) is 0 Å². The van der Waals surface area contributed by atoms with Crippen LogP contribution in [0.2, 0.25) is 0 Å². The topological polar surface area (TPSA) is 73.0 Å². The number of imidazole rings is 1. The predicted molar refractivity (Wildman–Crippen MR) is 91.0 cm³/mol. The van der Waals surface area contributed by atoms with Gasteiger partial charge in [0, 0.05) is 51.7 Å². The second-order valence-corrected chi connectivity index (χ2v) is 8.37. The van der Waals surface area contributed by atoms with Crippen LogP contribution in [0.3, 0.4) is 0 Å². The molecule has 0 amide bonds. The number of hydrogen-bond acceptors (Lipinski definition) is 4. The van der Waals surface area contributed by atoms with Crippen LogP contribution in [0.25, 0.3) is 0 Å². The van der Waals surface area contributed by atoms with Gasteiger partial charge in [-0.05, 0) is 26.2 Å². The summed E-state index contributed by atoms with van der Waals surface area (Å²) in [6.45, 7) is 2.33. The van der Waals surface area contributed by atoms with Crippen LogP contribution in [0.5, 0.6) is 0 Å². The van der Waals surface area contributed by atoms with Crippen LogP contribution in [-0.2, 0) is 30.5 Å². The molecule has 8 heteroatoms. The van der Waals surface area contributed by atoms with Crippen molar-refractivity contribution < 1.29 is 8.42 Å². The number of aromatic nitrogens is 4. The van der Waals surface area contributed by atoms with E-state index in [-0.39, 0.29) is 6.04 Å². The minimum absolute atomic E-state index is 0.0278. The number of hydrogen-bond donors (Lipinski definition) is 0. The number of sulfonamides is 1. The van der Waals surface area contributed by atoms with E-state index in [2.05, 4.69) is 10.1 Å². The van der Waals surface area contributed by atoms with Crippen LogP contribution >= 0.6 is 0 Å². The monoisotopic (exact) mass is 351 g/mol. The van der Waals surface area contributed by atoms with Crippen LogP contribution in [0.15, 0.2) is 23.5 Å². The molecule has 1 atom stereocenters. The molecule has 2 aromatic heterocycles. The Kier molecular flexibility index (Phi) is 4.78. The number of nitrogens with zero attached hydrogens (tertiary/aromatic N) is 5. The maximum atomic E-state index is 13.1. The molecule has 0 aromatic carbocycles. The first-order valence-electron chi connectivity index (χ1n) is 8.38. The zero-order valence-electron chi connectivity index (χ0n) is 14.5. The fraction of sp³-hybridized carbons (Fsp3) is 0.625. The van der Waals surface area contributed by atoms with Gasteiger partial charge in [0.25, 0.3) is 0 Å². The summed E-state index contributed by atoms with van der Waals surface area (Å²) in [6.07, 6.45) is 9.78. The van der Waals surface area contributed by atoms with Crippen molar-refractivity contribution in [2.24, 2.45) is 14.1 Å². The molecular weight excluding hydrogens is 326 g/mol. The Labute approximate surface area is 143 Å². The Bertz CT molecular complexity index is 808. The molecule has 2 aromatic rings. The number of aryl methyl sites for hydroxylation is 4. The highest BCUT2D eigenvalue weighted by molar-refractivity contribution is 7.89. The van der Waals surface area contributed by atoms with Crippen LogP contribution in [0.4, 0.5) is 0 Å². The third-order valence-corrected chi connectivity index (χ3v) is 6.81. The fourth-order valence-corrected chi connectivity index (χ4v) is 5.39. The van der Waals surface area contributed by atoms with E-state index in [1.165, 1.54) is 0 Å². The lowest BCUT2D eigenvalue weighted by molar-refractivity contribution is 0.239. The summed E-state index contributed by atoms with van der Waals surface area (Å²) in [5, 5.41) is 4.19. The molecule has 0 bridgehead atoms. The Balaban J connectivity index is 1.81. The molecule has 0 N–H and O–H groups in total. The maximum Gasteiger partial charge on any atom is 0.246 e. The van der Waals surface area contributed by atoms with Crippen LogP contribution in [0, 0.1) is 6.92 Å². The molecule has 24 heavy (non-hydrogen) atoms. The zero-order chi connectivity index (χ0) is 17.3. The predicted octanol–water partition coefficient (Wildman–Crippen LogP) is 1.64. The van der Waals surface area contributed by atoms with Crippen molar-refractivity contribution in [3.8, 4) is 0 Å². The minimum atomic E-state index is -3.50.